The SMILES string of the molecule is COC(=O)c1ncn(C2[C@H](OC(C)=O)[C@H](OC(C)=O)[C@@H](COC(C)=O)N2C(C)=O)n1. The summed E-state index contributed by atoms with van der Waals surface area (Å²) in [6.07, 6.45) is -2.39. The number of hydrogen-bond acceptors (Lipinski definition) is 11. The molecule has 0 bridgehead atoms. The second-order valence-corrected chi connectivity index (χ2v) is 6.40. The van der Waals surface area contributed by atoms with Crippen molar-refractivity contribution in [1.29, 1.82) is 0 Å². The fraction of sp³-hybridized carbons (Fsp3) is 0.588. The number of esters is 4. The summed E-state index contributed by atoms with van der Waals surface area (Å²) in [5.74, 6) is -3.68. The molecular weight excluding hydrogens is 404 g/mol. The van der Waals surface area contributed by atoms with Crippen molar-refractivity contribution >= 4 is 29.8 Å². The summed E-state index contributed by atoms with van der Waals surface area (Å²) in [5.41, 5.74) is 0. The van der Waals surface area contributed by atoms with E-state index in [1.54, 1.807) is 0 Å². The second kappa shape index (κ2) is 9.33. The van der Waals surface area contributed by atoms with Crippen LogP contribution in [0.25, 0.3) is 0 Å². The largest absolute Gasteiger partial charge is 0.464 e. The summed E-state index contributed by atoms with van der Waals surface area (Å²) in [7, 11) is 1.15. The lowest BCUT2D eigenvalue weighted by Gasteiger charge is -2.29. The molecule has 1 unspecified atom stereocenters. The van der Waals surface area contributed by atoms with Crippen molar-refractivity contribution in [3.05, 3.63) is 12.2 Å². The van der Waals surface area contributed by atoms with Crippen molar-refractivity contribution in [2.24, 2.45) is 0 Å². The summed E-state index contributed by atoms with van der Waals surface area (Å²) in [6, 6.07) is -0.990. The zero-order valence-corrected chi connectivity index (χ0v) is 17.1. The van der Waals surface area contributed by atoms with Crippen molar-refractivity contribution < 1.29 is 42.9 Å². The lowest BCUT2D eigenvalue weighted by molar-refractivity contribution is -0.166. The summed E-state index contributed by atoms with van der Waals surface area (Å²) >= 11 is 0. The summed E-state index contributed by atoms with van der Waals surface area (Å²) in [4.78, 5) is 64.0. The number of nitrogens with zero attached hydrogens (tertiary/aromatic N) is 4. The highest BCUT2D eigenvalue weighted by molar-refractivity contribution is 5.84. The van der Waals surface area contributed by atoms with Gasteiger partial charge in [-0.15, -0.1) is 5.10 Å². The Balaban J connectivity index is 2.57. The third-order valence-electron chi connectivity index (χ3n) is 4.21. The highest BCUT2D eigenvalue weighted by Crippen LogP contribution is 2.37. The van der Waals surface area contributed by atoms with Gasteiger partial charge in [0.25, 0.3) is 5.82 Å². The van der Waals surface area contributed by atoms with Gasteiger partial charge in [-0.05, 0) is 0 Å². The van der Waals surface area contributed by atoms with E-state index in [9.17, 15) is 24.0 Å². The molecule has 1 aromatic rings. The van der Waals surface area contributed by atoms with Gasteiger partial charge in [-0.1, -0.05) is 0 Å². The number of methoxy groups -OCH3 is 1. The summed E-state index contributed by atoms with van der Waals surface area (Å²) < 4.78 is 21.4. The van der Waals surface area contributed by atoms with Gasteiger partial charge in [0.2, 0.25) is 5.91 Å². The van der Waals surface area contributed by atoms with Gasteiger partial charge >= 0.3 is 23.9 Å². The molecule has 1 fully saturated rings. The molecule has 13 heteroatoms. The molecule has 1 aliphatic heterocycles. The van der Waals surface area contributed by atoms with Crippen LogP contribution >= 0.6 is 0 Å². The summed E-state index contributed by atoms with van der Waals surface area (Å²) in [6.45, 7) is 4.35. The van der Waals surface area contributed by atoms with Crippen molar-refractivity contribution in [2.75, 3.05) is 13.7 Å². The molecule has 1 saturated heterocycles. The van der Waals surface area contributed by atoms with Crippen LogP contribution < -0.4 is 0 Å². The number of carbonyl (C=O) groups excluding carboxylic acids is 5. The smallest absolute Gasteiger partial charge is 0.377 e. The van der Waals surface area contributed by atoms with Crippen LogP contribution in [-0.2, 0) is 38.1 Å². The minimum atomic E-state index is -1.22. The number of carbonyl (C=O) groups is 5. The fourth-order valence-electron chi connectivity index (χ4n) is 3.22. The molecule has 0 aromatic carbocycles. The average molecular weight is 426 g/mol. The van der Waals surface area contributed by atoms with Crippen LogP contribution in [0.3, 0.4) is 0 Å². The molecule has 0 aliphatic carbocycles. The molecule has 0 spiro atoms. The standard InChI is InChI=1S/C17H22N4O9/c1-8(22)21-12(6-28-9(2)23)13(29-10(3)24)14(30-11(4)25)16(21)20-7-18-15(19-20)17(26)27-5/h7,12-14,16H,6H2,1-5H3/t12-,13-,14-,16?/m1/s1. The van der Waals surface area contributed by atoms with E-state index >= 15 is 0 Å². The van der Waals surface area contributed by atoms with E-state index in [1.807, 2.05) is 0 Å². The van der Waals surface area contributed by atoms with Crippen molar-refractivity contribution in [3.8, 4) is 0 Å². The lowest BCUT2D eigenvalue weighted by atomic mass is 10.1. The average Bonchev–Trinajstić information content (AvgIpc) is 3.22. The van der Waals surface area contributed by atoms with E-state index in [0.717, 1.165) is 32.0 Å². The molecule has 2 rings (SSSR count). The van der Waals surface area contributed by atoms with Gasteiger partial charge in [0.15, 0.2) is 18.4 Å². The van der Waals surface area contributed by atoms with Crippen molar-refractivity contribution in [2.45, 2.75) is 52.1 Å². The Bertz CT molecular complexity index is 852. The number of hydrogen-bond donors (Lipinski definition) is 0. The maximum atomic E-state index is 12.5. The zero-order valence-electron chi connectivity index (χ0n) is 17.1. The van der Waals surface area contributed by atoms with Crippen molar-refractivity contribution in [3.63, 3.8) is 0 Å². The number of rotatable bonds is 6. The van der Waals surface area contributed by atoms with E-state index in [2.05, 4.69) is 14.8 Å². The number of likely N-dealkylation sites (tertiary alicyclic amines) is 1. The molecule has 13 nitrogen and oxygen atoms in total. The van der Waals surface area contributed by atoms with Crippen LogP contribution in [-0.4, -0.2) is 81.4 Å². The Morgan fingerprint density at radius 1 is 0.967 bits per heavy atom. The number of ether oxygens (including phenoxy) is 4. The highest BCUT2D eigenvalue weighted by Gasteiger charge is 2.56. The maximum Gasteiger partial charge on any atom is 0.377 e. The first-order valence-electron chi connectivity index (χ1n) is 8.83. The van der Waals surface area contributed by atoms with E-state index in [1.165, 1.54) is 18.7 Å². The van der Waals surface area contributed by atoms with Gasteiger partial charge in [0, 0.05) is 27.7 Å². The Morgan fingerprint density at radius 2 is 1.57 bits per heavy atom. The minimum absolute atomic E-state index is 0.296. The van der Waals surface area contributed by atoms with Gasteiger partial charge in [0.05, 0.1) is 7.11 Å². The van der Waals surface area contributed by atoms with E-state index in [0.29, 0.717) is 0 Å². The predicted octanol–water partition coefficient (Wildman–Crippen LogP) is -0.779. The van der Waals surface area contributed by atoms with Crippen LogP contribution in [0.15, 0.2) is 6.33 Å². The van der Waals surface area contributed by atoms with Crippen LogP contribution in [0.1, 0.15) is 44.5 Å². The normalized spacial score (nSPS) is 22.9. The monoisotopic (exact) mass is 426 g/mol. The van der Waals surface area contributed by atoms with E-state index in [4.69, 9.17) is 14.2 Å². The maximum absolute atomic E-state index is 12.5. The van der Waals surface area contributed by atoms with Gasteiger partial charge in [-0.3, -0.25) is 19.2 Å². The lowest BCUT2D eigenvalue weighted by Crippen LogP contribution is -2.45. The third-order valence-corrected chi connectivity index (χ3v) is 4.21. The topological polar surface area (TPSA) is 156 Å². The van der Waals surface area contributed by atoms with E-state index in [-0.39, 0.29) is 12.4 Å². The Labute approximate surface area is 171 Å². The van der Waals surface area contributed by atoms with Crippen LogP contribution in [0, 0.1) is 0 Å². The first-order chi connectivity index (χ1) is 14.1. The minimum Gasteiger partial charge on any atom is -0.464 e. The molecule has 2 heterocycles. The zero-order chi connectivity index (χ0) is 22.6. The van der Waals surface area contributed by atoms with Crippen LogP contribution in [0.5, 0.6) is 0 Å². The number of aromatic nitrogens is 3. The van der Waals surface area contributed by atoms with Crippen LogP contribution in [0.4, 0.5) is 0 Å². The van der Waals surface area contributed by atoms with Gasteiger partial charge in [-0.2, -0.15) is 0 Å². The quantitative estimate of drug-likeness (QED) is 0.415. The molecule has 1 aliphatic rings. The third kappa shape index (κ3) is 4.90. The Hall–Kier alpha value is -3.51. The summed E-state index contributed by atoms with van der Waals surface area (Å²) in [5, 5.41) is 3.99. The Kier molecular flexibility index (Phi) is 7.08. The first kappa shape index (κ1) is 22.8. The molecule has 4 atom stereocenters. The molecule has 0 saturated carbocycles. The van der Waals surface area contributed by atoms with Crippen molar-refractivity contribution in [1.82, 2.24) is 19.7 Å². The molecule has 1 aromatic heterocycles. The van der Waals surface area contributed by atoms with Gasteiger partial charge in [-0.25, -0.2) is 14.5 Å². The predicted molar refractivity (Wildman–Crippen MR) is 94.4 cm³/mol. The number of amides is 1. The molecule has 1 amide bonds. The molecule has 0 N–H and O–H groups in total. The highest BCUT2D eigenvalue weighted by atomic mass is 16.6. The molecule has 164 valence electrons. The Morgan fingerprint density at radius 3 is 2.07 bits per heavy atom. The van der Waals surface area contributed by atoms with E-state index < -0.39 is 54.2 Å². The first-order valence-corrected chi connectivity index (χ1v) is 8.83. The molecule has 0 radical (unpaired) electrons. The van der Waals surface area contributed by atoms with Gasteiger partial charge in [0.1, 0.15) is 19.0 Å². The fourth-order valence-corrected chi connectivity index (χ4v) is 3.22. The molecule has 30 heavy (non-hydrogen) atoms. The van der Waals surface area contributed by atoms with Crippen LogP contribution in [0.2, 0.25) is 0 Å². The molecular formula is C17H22N4O9. The second-order valence-electron chi connectivity index (χ2n) is 6.40. The van der Waals surface area contributed by atoms with Gasteiger partial charge < -0.3 is 23.8 Å².